The third-order valence-corrected chi connectivity index (χ3v) is 13.6. The van der Waals surface area contributed by atoms with E-state index in [0.29, 0.717) is 0 Å². The molecule has 0 bridgehead atoms. The molecule has 1 aliphatic heterocycles. The first kappa shape index (κ1) is 33.0. The highest BCUT2D eigenvalue weighted by Gasteiger charge is 2.54. The van der Waals surface area contributed by atoms with Crippen LogP contribution in [0.25, 0.3) is 0 Å². The second kappa shape index (κ2) is 12.1. The predicted molar refractivity (Wildman–Crippen MR) is 159 cm³/mol. The first-order chi connectivity index (χ1) is 17.2. The van der Waals surface area contributed by atoms with Crippen LogP contribution in [0.1, 0.15) is 95.4 Å². The second-order valence-corrected chi connectivity index (χ2v) is 19.0. The Morgan fingerprint density at radius 3 is 2.32 bits per heavy atom. The fourth-order valence-electron chi connectivity index (χ4n) is 5.30. The van der Waals surface area contributed by atoms with Crippen molar-refractivity contribution in [3.8, 4) is 0 Å². The van der Waals surface area contributed by atoms with Gasteiger partial charge in [0, 0.05) is 17.8 Å². The van der Waals surface area contributed by atoms with Crippen LogP contribution in [0, 0.1) is 17.3 Å². The van der Waals surface area contributed by atoms with Gasteiger partial charge in [-0.25, -0.2) is 0 Å². The Labute approximate surface area is 234 Å². The molecule has 0 aromatic rings. The highest BCUT2D eigenvalue weighted by atomic mass is 28.4. The molecule has 1 aliphatic carbocycles. The molecule has 5 nitrogen and oxygen atoms in total. The average molecular weight is 549 g/mol. The first-order valence-electron chi connectivity index (χ1n) is 14.4. The molecule has 0 saturated carbocycles. The molecule has 0 unspecified atom stereocenters. The van der Waals surface area contributed by atoms with Crippen LogP contribution >= 0.6 is 0 Å². The third kappa shape index (κ3) is 7.93. The van der Waals surface area contributed by atoms with E-state index in [1.54, 1.807) is 0 Å². The average Bonchev–Trinajstić information content (AvgIpc) is 2.93. The highest BCUT2D eigenvalue weighted by molar-refractivity contribution is 6.74. The van der Waals surface area contributed by atoms with E-state index in [1.807, 2.05) is 26.8 Å². The summed E-state index contributed by atoms with van der Waals surface area (Å²) in [5.41, 5.74) is 1.96. The van der Waals surface area contributed by atoms with Gasteiger partial charge in [0.25, 0.3) is 0 Å². The summed E-state index contributed by atoms with van der Waals surface area (Å²) in [7, 11) is -2.06. The first-order valence-corrected chi connectivity index (χ1v) is 17.3. The Balaban J connectivity index is 2.30. The fourth-order valence-corrected chi connectivity index (χ4v) is 6.76. The van der Waals surface area contributed by atoms with E-state index in [4.69, 9.17) is 18.6 Å². The highest BCUT2D eigenvalue weighted by Crippen LogP contribution is 2.47. The molecular weight excluding hydrogens is 492 g/mol. The maximum absolute atomic E-state index is 13.3. The van der Waals surface area contributed by atoms with Crippen molar-refractivity contribution in [2.24, 2.45) is 17.3 Å². The van der Waals surface area contributed by atoms with E-state index >= 15 is 0 Å². The molecule has 1 saturated heterocycles. The Hall–Kier alpha value is -1.21. The van der Waals surface area contributed by atoms with Crippen LogP contribution in [0.3, 0.4) is 0 Å². The number of carbonyl (C=O) groups is 1. The van der Waals surface area contributed by atoms with Crippen LogP contribution < -0.4 is 0 Å². The molecule has 1 fully saturated rings. The molecular formula is C32H56O5Si. The van der Waals surface area contributed by atoms with Crippen molar-refractivity contribution in [1.29, 1.82) is 0 Å². The lowest BCUT2D eigenvalue weighted by atomic mass is 9.70. The predicted octanol–water partition coefficient (Wildman–Crippen LogP) is 8.37. The number of hydrogen-bond donors (Lipinski definition) is 0. The summed E-state index contributed by atoms with van der Waals surface area (Å²) in [6.07, 6.45) is 7.30. The van der Waals surface area contributed by atoms with Gasteiger partial charge in [0.2, 0.25) is 0 Å². The summed E-state index contributed by atoms with van der Waals surface area (Å²) >= 11 is 0. The van der Waals surface area contributed by atoms with E-state index in [0.717, 1.165) is 18.4 Å². The topological polar surface area (TPSA) is 54.0 Å². The van der Waals surface area contributed by atoms with Crippen LogP contribution in [0.2, 0.25) is 18.1 Å². The van der Waals surface area contributed by atoms with E-state index in [9.17, 15) is 4.79 Å². The maximum Gasteiger partial charge on any atom is 0.309 e. The molecule has 1 heterocycles. The van der Waals surface area contributed by atoms with Gasteiger partial charge in [0.15, 0.2) is 14.1 Å². The number of rotatable bonds is 9. The summed E-state index contributed by atoms with van der Waals surface area (Å²) in [5.74, 6) is -0.870. The number of carbonyl (C=O) groups excluding carboxylic acids is 1. The van der Waals surface area contributed by atoms with Gasteiger partial charge < -0.3 is 18.6 Å². The van der Waals surface area contributed by atoms with Gasteiger partial charge in [-0.1, -0.05) is 72.3 Å². The molecule has 218 valence electrons. The summed E-state index contributed by atoms with van der Waals surface area (Å²) in [6.45, 7) is 32.2. The normalized spacial score (nSPS) is 28.3. The van der Waals surface area contributed by atoms with Crippen molar-refractivity contribution in [1.82, 2.24) is 0 Å². The van der Waals surface area contributed by atoms with Crippen LogP contribution in [-0.4, -0.2) is 44.5 Å². The third-order valence-electron chi connectivity index (χ3n) is 9.08. The zero-order chi connectivity index (χ0) is 29.3. The van der Waals surface area contributed by atoms with Gasteiger partial charge in [-0.15, -0.1) is 6.58 Å². The molecule has 0 spiro atoms. The molecule has 6 atom stereocenters. The van der Waals surface area contributed by atoms with Gasteiger partial charge in [-0.2, -0.15) is 0 Å². The van der Waals surface area contributed by atoms with Gasteiger partial charge in [0.1, 0.15) is 6.10 Å². The monoisotopic (exact) mass is 548 g/mol. The Morgan fingerprint density at radius 2 is 1.76 bits per heavy atom. The van der Waals surface area contributed by atoms with Gasteiger partial charge >= 0.3 is 5.97 Å². The lowest BCUT2D eigenvalue weighted by molar-refractivity contribution is -0.353. The standard InChI is InChI=1S/C32H56O5Si/c1-15-22(3)28(37-38(13,14)30(6,7)8)24(5)29-31(9,10)26(35-32(11,12)36-29)20-27(33)34-25-19-17-21(2)16-18-23(25)4/h15,17-18,22,24-26,28-29H,1,16,19-20H2,2-14H3/t22-,24+,25-,26-,28-,29-/m0/s1. The number of allylic oxidation sites excluding steroid dienone is 2. The van der Waals surface area contributed by atoms with Crippen LogP contribution in [-0.2, 0) is 23.4 Å². The van der Waals surface area contributed by atoms with Crippen LogP contribution in [0.15, 0.2) is 36.0 Å². The van der Waals surface area contributed by atoms with Gasteiger partial charge in [0.05, 0.1) is 24.7 Å². The van der Waals surface area contributed by atoms with Crippen molar-refractivity contribution >= 4 is 14.3 Å². The molecule has 0 amide bonds. The van der Waals surface area contributed by atoms with E-state index < -0.39 is 19.5 Å². The number of hydrogen-bond acceptors (Lipinski definition) is 5. The molecule has 0 aromatic heterocycles. The fraction of sp³-hybridized carbons (Fsp3) is 0.781. The Bertz CT molecular complexity index is 907. The van der Waals surface area contributed by atoms with E-state index in [2.05, 4.69) is 87.2 Å². The number of ether oxygens (including phenoxy) is 3. The maximum atomic E-state index is 13.3. The van der Waals surface area contributed by atoms with Crippen LogP contribution in [0.4, 0.5) is 0 Å². The second-order valence-electron chi connectivity index (χ2n) is 14.3. The molecule has 2 aliphatic rings. The zero-order valence-corrected chi connectivity index (χ0v) is 27.6. The molecule has 2 rings (SSSR count). The minimum atomic E-state index is -2.06. The van der Waals surface area contributed by atoms with Crippen molar-refractivity contribution in [3.05, 3.63) is 36.0 Å². The summed E-state index contributed by atoms with van der Waals surface area (Å²) in [4.78, 5) is 13.3. The summed E-state index contributed by atoms with van der Waals surface area (Å²) in [5, 5.41) is 0.0851. The van der Waals surface area contributed by atoms with Crippen molar-refractivity contribution in [2.45, 2.75) is 144 Å². The molecule has 0 aromatic carbocycles. The van der Waals surface area contributed by atoms with Gasteiger partial charge in [-0.3, -0.25) is 4.79 Å². The van der Waals surface area contributed by atoms with E-state index in [-0.39, 0.29) is 53.7 Å². The van der Waals surface area contributed by atoms with Crippen LogP contribution in [0.5, 0.6) is 0 Å². The van der Waals surface area contributed by atoms with Crippen molar-refractivity contribution in [2.75, 3.05) is 0 Å². The largest absolute Gasteiger partial charge is 0.457 e. The molecule has 38 heavy (non-hydrogen) atoms. The number of esters is 1. The zero-order valence-electron chi connectivity index (χ0n) is 26.6. The minimum Gasteiger partial charge on any atom is -0.457 e. The Kier molecular flexibility index (Phi) is 10.5. The summed E-state index contributed by atoms with van der Waals surface area (Å²) < 4.78 is 26.1. The molecule has 0 N–H and O–H groups in total. The lowest BCUT2D eigenvalue weighted by Crippen LogP contribution is -2.61. The summed E-state index contributed by atoms with van der Waals surface area (Å²) in [6, 6.07) is 0. The lowest BCUT2D eigenvalue weighted by Gasteiger charge is -2.54. The van der Waals surface area contributed by atoms with Gasteiger partial charge in [-0.05, 0) is 63.7 Å². The quantitative estimate of drug-likeness (QED) is 0.165. The SMILES string of the molecule is C=C[C@H](C)[C@H](O[Si](C)(C)C(C)(C)C)[C@@H](C)[C@@H]1OC(C)(C)O[C@@H](CC(=O)O[C@H]2CC=C(C)CC=C2C)C1(C)C. The minimum absolute atomic E-state index is 0.0500. The Morgan fingerprint density at radius 1 is 1.16 bits per heavy atom. The van der Waals surface area contributed by atoms with Crippen molar-refractivity contribution < 1.29 is 23.4 Å². The van der Waals surface area contributed by atoms with E-state index in [1.165, 1.54) is 5.57 Å². The van der Waals surface area contributed by atoms with Crippen molar-refractivity contribution in [3.63, 3.8) is 0 Å². The molecule has 6 heteroatoms. The smallest absolute Gasteiger partial charge is 0.309 e. The molecule has 0 radical (unpaired) electrons.